The maximum Gasteiger partial charge on any atom is 0.320 e. The van der Waals surface area contributed by atoms with Crippen LogP contribution in [0.5, 0.6) is 0 Å². The Balaban J connectivity index is 1.54. The van der Waals surface area contributed by atoms with Crippen molar-refractivity contribution >= 4 is 6.03 Å². The molecule has 0 aromatic heterocycles. The molecule has 0 spiro atoms. The van der Waals surface area contributed by atoms with E-state index in [9.17, 15) is 13.6 Å². The van der Waals surface area contributed by atoms with Gasteiger partial charge in [0.05, 0.1) is 13.2 Å². The van der Waals surface area contributed by atoms with Crippen LogP contribution in [0.4, 0.5) is 13.6 Å². The number of morpholine rings is 1. The molecule has 0 atom stereocenters. The van der Waals surface area contributed by atoms with E-state index in [0.29, 0.717) is 39.4 Å². The molecular formula is C17H23F2N3O2. The first-order valence-electron chi connectivity index (χ1n) is 8.41. The molecule has 7 heteroatoms. The van der Waals surface area contributed by atoms with Gasteiger partial charge in [-0.25, -0.2) is 13.6 Å². The molecule has 0 radical (unpaired) electrons. The van der Waals surface area contributed by atoms with Crippen LogP contribution in [0.15, 0.2) is 18.2 Å². The van der Waals surface area contributed by atoms with Crippen molar-refractivity contribution in [3.05, 3.63) is 35.4 Å². The fraction of sp³-hybridized carbons (Fsp3) is 0.588. The standard InChI is InChI=1S/C17H23F2N3O2/c18-15-3-2-14(12-16(15)19)13-20-4-1-5-21(7-6-20)17(23)22-8-10-24-11-9-22/h2-3,12H,1,4-11,13H2. The molecule has 132 valence electrons. The van der Waals surface area contributed by atoms with Gasteiger partial charge in [0.2, 0.25) is 0 Å². The highest BCUT2D eigenvalue weighted by Crippen LogP contribution is 2.14. The largest absolute Gasteiger partial charge is 0.378 e. The summed E-state index contributed by atoms with van der Waals surface area (Å²) in [5, 5.41) is 0. The second kappa shape index (κ2) is 7.90. The molecule has 0 bridgehead atoms. The Morgan fingerprint density at radius 2 is 1.71 bits per heavy atom. The van der Waals surface area contributed by atoms with Crippen molar-refractivity contribution in [1.82, 2.24) is 14.7 Å². The molecule has 1 aromatic rings. The van der Waals surface area contributed by atoms with Gasteiger partial charge in [-0.15, -0.1) is 0 Å². The highest BCUT2D eigenvalue weighted by molar-refractivity contribution is 5.74. The third-order valence-electron chi connectivity index (χ3n) is 4.53. The lowest BCUT2D eigenvalue weighted by Gasteiger charge is -2.32. The van der Waals surface area contributed by atoms with E-state index in [-0.39, 0.29) is 6.03 Å². The van der Waals surface area contributed by atoms with Crippen molar-refractivity contribution < 1.29 is 18.3 Å². The zero-order valence-electron chi connectivity index (χ0n) is 13.7. The summed E-state index contributed by atoms with van der Waals surface area (Å²) in [7, 11) is 0. The Kier molecular flexibility index (Phi) is 5.63. The number of hydrogen-bond donors (Lipinski definition) is 0. The van der Waals surface area contributed by atoms with Crippen LogP contribution < -0.4 is 0 Å². The third-order valence-corrected chi connectivity index (χ3v) is 4.53. The number of urea groups is 1. The molecule has 0 aliphatic carbocycles. The molecule has 2 aliphatic heterocycles. The van der Waals surface area contributed by atoms with E-state index in [2.05, 4.69) is 4.90 Å². The molecule has 2 fully saturated rings. The van der Waals surface area contributed by atoms with Crippen LogP contribution in [0, 0.1) is 11.6 Å². The Hall–Kier alpha value is -1.73. The molecule has 24 heavy (non-hydrogen) atoms. The average molecular weight is 339 g/mol. The van der Waals surface area contributed by atoms with Gasteiger partial charge in [0.25, 0.3) is 0 Å². The minimum absolute atomic E-state index is 0.0768. The zero-order chi connectivity index (χ0) is 16.9. The van der Waals surface area contributed by atoms with Gasteiger partial charge in [-0.05, 0) is 24.1 Å². The fourth-order valence-electron chi connectivity index (χ4n) is 3.17. The first-order valence-corrected chi connectivity index (χ1v) is 8.41. The van der Waals surface area contributed by atoms with Crippen molar-refractivity contribution in [1.29, 1.82) is 0 Å². The van der Waals surface area contributed by atoms with E-state index in [0.717, 1.165) is 37.7 Å². The number of ether oxygens (including phenoxy) is 1. The van der Waals surface area contributed by atoms with Crippen LogP contribution in [0.3, 0.4) is 0 Å². The van der Waals surface area contributed by atoms with Gasteiger partial charge in [0, 0.05) is 45.8 Å². The van der Waals surface area contributed by atoms with Crippen LogP contribution in [0.1, 0.15) is 12.0 Å². The summed E-state index contributed by atoms with van der Waals surface area (Å²) < 4.78 is 31.6. The average Bonchev–Trinajstić information content (AvgIpc) is 2.84. The molecule has 2 heterocycles. The number of amides is 2. The summed E-state index contributed by atoms with van der Waals surface area (Å²) in [6.07, 6.45) is 0.875. The lowest BCUT2D eigenvalue weighted by molar-refractivity contribution is 0.0436. The fourth-order valence-corrected chi connectivity index (χ4v) is 3.17. The molecule has 0 N–H and O–H groups in total. The van der Waals surface area contributed by atoms with Crippen molar-refractivity contribution in [2.24, 2.45) is 0 Å². The van der Waals surface area contributed by atoms with E-state index in [4.69, 9.17) is 4.74 Å². The lowest BCUT2D eigenvalue weighted by Crippen LogP contribution is -2.49. The second-order valence-corrected chi connectivity index (χ2v) is 6.25. The number of carbonyl (C=O) groups is 1. The highest BCUT2D eigenvalue weighted by Gasteiger charge is 2.25. The van der Waals surface area contributed by atoms with E-state index < -0.39 is 11.6 Å². The maximum atomic E-state index is 13.3. The SMILES string of the molecule is O=C(N1CCOCC1)N1CCCN(Cc2ccc(F)c(F)c2)CC1. The molecule has 1 aromatic carbocycles. The van der Waals surface area contributed by atoms with E-state index in [1.165, 1.54) is 6.07 Å². The number of halogens is 2. The maximum absolute atomic E-state index is 13.3. The molecule has 0 saturated carbocycles. The summed E-state index contributed by atoms with van der Waals surface area (Å²) in [6.45, 7) is 6.01. The van der Waals surface area contributed by atoms with Gasteiger partial charge in [0.15, 0.2) is 11.6 Å². The molecule has 3 rings (SSSR count). The predicted octanol–water partition coefficient (Wildman–Crippen LogP) is 1.92. The molecule has 2 aliphatic rings. The zero-order valence-corrected chi connectivity index (χ0v) is 13.7. The first-order chi connectivity index (χ1) is 11.6. The van der Waals surface area contributed by atoms with Crippen LogP contribution in [0.25, 0.3) is 0 Å². The van der Waals surface area contributed by atoms with Crippen molar-refractivity contribution in [2.45, 2.75) is 13.0 Å². The smallest absolute Gasteiger partial charge is 0.320 e. The predicted molar refractivity (Wildman–Crippen MR) is 85.6 cm³/mol. The van der Waals surface area contributed by atoms with Crippen molar-refractivity contribution in [3.63, 3.8) is 0 Å². The Morgan fingerprint density at radius 1 is 0.958 bits per heavy atom. The Bertz CT molecular complexity index is 579. The quantitative estimate of drug-likeness (QED) is 0.826. The van der Waals surface area contributed by atoms with Crippen LogP contribution in [0.2, 0.25) is 0 Å². The van der Waals surface area contributed by atoms with Crippen LogP contribution in [-0.2, 0) is 11.3 Å². The van der Waals surface area contributed by atoms with Crippen molar-refractivity contribution in [3.8, 4) is 0 Å². The van der Waals surface area contributed by atoms with Crippen LogP contribution >= 0.6 is 0 Å². The number of carbonyl (C=O) groups excluding carboxylic acids is 1. The Labute approximate surface area is 140 Å². The van der Waals surface area contributed by atoms with Gasteiger partial charge >= 0.3 is 6.03 Å². The lowest BCUT2D eigenvalue weighted by atomic mass is 10.2. The summed E-state index contributed by atoms with van der Waals surface area (Å²) in [5.74, 6) is -1.64. The van der Waals surface area contributed by atoms with E-state index in [1.807, 2.05) is 9.80 Å². The number of benzene rings is 1. The number of rotatable bonds is 2. The first kappa shape index (κ1) is 17.1. The number of nitrogens with zero attached hydrogens (tertiary/aromatic N) is 3. The highest BCUT2D eigenvalue weighted by atomic mass is 19.2. The monoisotopic (exact) mass is 339 g/mol. The molecular weight excluding hydrogens is 316 g/mol. The van der Waals surface area contributed by atoms with Gasteiger partial charge < -0.3 is 14.5 Å². The minimum atomic E-state index is -0.822. The topological polar surface area (TPSA) is 36.0 Å². The van der Waals surface area contributed by atoms with E-state index in [1.54, 1.807) is 6.07 Å². The molecule has 5 nitrogen and oxygen atoms in total. The van der Waals surface area contributed by atoms with Gasteiger partial charge in [0.1, 0.15) is 0 Å². The van der Waals surface area contributed by atoms with Gasteiger partial charge in [-0.2, -0.15) is 0 Å². The normalized spacial score (nSPS) is 20.1. The Morgan fingerprint density at radius 3 is 2.46 bits per heavy atom. The molecule has 0 unspecified atom stereocenters. The molecule has 2 amide bonds. The summed E-state index contributed by atoms with van der Waals surface area (Å²) in [5.41, 5.74) is 0.752. The summed E-state index contributed by atoms with van der Waals surface area (Å²) in [6, 6.07) is 4.10. The van der Waals surface area contributed by atoms with Gasteiger partial charge in [-0.1, -0.05) is 6.07 Å². The minimum Gasteiger partial charge on any atom is -0.378 e. The summed E-state index contributed by atoms with van der Waals surface area (Å²) >= 11 is 0. The number of hydrogen-bond acceptors (Lipinski definition) is 3. The molecule has 2 saturated heterocycles. The summed E-state index contributed by atoms with van der Waals surface area (Å²) in [4.78, 5) is 18.4. The van der Waals surface area contributed by atoms with Crippen LogP contribution in [-0.4, -0.2) is 73.2 Å². The third kappa shape index (κ3) is 4.21. The van der Waals surface area contributed by atoms with E-state index >= 15 is 0 Å². The second-order valence-electron chi connectivity index (χ2n) is 6.25. The van der Waals surface area contributed by atoms with Crippen molar-refractivity contribution in [2.75, 3.05) is 52.5 Å². The van der Waals surface area contributed by atoms with Gasteiger partial charge in [-0.3, -0.25) is 4.90 Å².